The second-order valence-corrected chi connectivity index (χ2v) is 5.65. The summed E-state index contributed by atoms with van der Waals surface area (Å²) in [5.74, 6) is 0.421. The molecule has 0 saturated carbocycles. The van der Waals surface area contributed by atoms with Gasteiger partial charge >= 0.3 is 5.97 Å². The summed E-state index contributed by atoms with van der Waals surface area (Å²) < 4.78 is 11.6. The lowest BCUT2D eigenvalue weighted by Crippen LogP contribution is -2.01. The SMILES string of the molecule is C/C=C(/C(=O)O)c1ccccc1Oc1ccnc(Oc2ccccc2C#N)c1. The molecular weight excluding hydrogens is 356 g/mol. The third kappa shape index (κ3) is 4.17. The number of ether oxygens (including phenoxy) is 2. The summed E-state index contributed by atoms with van der Waals surface area (Å²) in [4.78, 5) is 15.6. The molecule has 0 aliphatic carbocycles. The summed E-state index contributed by atoms with van der Waals surface area (Å²) in [5, 5.41) is 18.6. The average molecular weight is 372 g/mol. The van der Waals surface area contributed by atoms with Crippen molar-refractivity contribution in [1.82, 2.24) is 4.98 Å². The molecule has 0 fully saturated rings. The van der Waals surface area contributed by atoms with E-state index in [0.717, 1.165) is 0 Å². The van der Waals surface area contributed by atoms with Crippen molar-refractivity contribution >= 4 is 11.5 Å². The van der Waals surface area contributed by atoms with Crippen molar-refractivity contribution in [2.75, 3.05) is 0 Å². The summed E-state index contributed by atoms with van der Waals surface area (Å²) in [6.45, 7) is 1.66. The number of carbonyl (C=O) groups is 1. The van der Waals surface area contributed by atoms with Gasteiger partial charge in [0.2, 0.25) is 5.88 Å². The van der Waals surface area contributed by atoms with Crippen LogP contribution in [0, 0.1) is 11.3 Å². The van der Waals surface area contributed by atoms with Crippen molar-refractivity contribution in [2.45, 2.75) is 6.92 Å². The van der Waals surface area contributed by atoms with Gasteiger partial charge in [0.25, 0.3) is 0 Å². The molecule has 0 spiro atoms. The molecule has 3 rings (SSSR count). The first-order chi connectivity index (χ1) is 13.6. The van der Waals surface area contributed by atoms with Gasteiger partial charge in [-0.05, 0) is 31.2 Å². The van der Waals surface area contributed by atoms with E-state index in [0.29, 0.717) is 28.4 Å². The summed E-state index contributed by atoms with van der Waals surface area (Å²) >= 11 is 0. The Morgan fingerprint density at radius 3 is 2.50 bits per heavy atom. The Hall–Kier alpha value is -4.11. The van der Waals surface area contributed by atoms with Crippen LogP contribution < -0.4 is 9.47 Å². The molecule has 0 amide bonds. The van der Waals surface area contributed by atoms with Crippen LogP contribution >= 0.6 is 0 Å². The number of benzene rings is 2. The first-order valence-corrected chi connectivity index (χ1v) is 8.42. The van der Waals surface area contributed by atoms with Crippen molar-refractivity contribution in [3.63, 3.8) is 0 Å². The van der Waals surface area contributed by atoms with Crippen LogP contribution in [0.2, 0.25) is 0 Å². The van der Waals surface area contributed by atoms with Crippen LogP contribution in [0.4, 0.5) is 0 Å². The number of hydrogen-bond acceptors (Lipinski definition) is 5. The third-order valence-electron chi connectivity index (χ3n) is 3.85. The molecule has 0 aliphatic rings. The van der Waals surface area contributed by atoms with E-state index in [9.17, 15) is 9.90 Å². The second kappa shape index (κ2) is 8.52. The van der Waals surface area contributed by atoms with Crippen LogP contribution in [-0.2, 0) is 4.79 Å². The topological polar surface area (TPSA) is 92.4 Å². The van der Waals surface area contributed by atoms with Crippen molar-refractivity contribution in [3.8, 4) is 29.2 Å². The number of aliphatic carboxylic acids is 1. The second-order valence-electron chi connectivity index (χ2n) is 5.65. The van der Waals surface area contributed by atoms with Gasteiger partial charge in [-0.3, -0.25) is 0 Å². The van der Waals surface area contributed by atoms with Gasteiger partial charge in [-0.1, -0.05) is 36.4 Å². The highest BCUT2D eigenvalue weighted by atomic mass is 16.5. The van der Waals surface area contributed by atoms with Gasteiger partial charge in [0.1, 0.15) is 23.3 Å². The molecule has 6 nitrogen and oxygen atoms in total. The Morgan fingerprint density at radius 2 is 1.79 bits per heavy atom. The van der Waals surface area contributed by atoms with Crippen LogP contribution in [-0.4, -0.2) is 16.1 Å². The van der Waals surface area contributed by atoms with Gasteiger partial charge in [-0.25, -0.2) is 9.78 Å². The average Bonchev–Trinajstić information content (AvgIpc) is 2.70. The monoisotopic (exact) mass is 372 g/mol. The molecule has 28 heavy (non-hydrogen) atoms. The van der Waals surface area contributed by atoms with Crippen molar-refractivity contribution in [1.29, 1.82) is 5.26 Å². The highest BCUT2D eigenvalue weighted by Crippen LogP contribution is 2.32. The van der Waals surface area contributed by atoms with Crippen LogP contribution in [0.1, 0.15) is 18.1 Å². The van der Waals surface area contributed by atoms with E-state index in [-0.39, 0.29) is 11.5 Å². The molecule has 1 aromatic heterocycles. The molecule has 0 bridgehead atoms. The van der Waals surface area contributed by atoms with Crippen LogP contribution in [0.3, 0.4) is 0 Å². The van der Waals surface area contributed by atoms with E-state index in [1.165, 1.54) is 12.3 Å². The zero-order valence-electron chi connectivity index (χ0n) is 15.0. The number of aromatic nitrogens is 1. The molecule has 0 saturated heterocycles. The number of nitrogens with zero attached hydrogens (tertiary/aromatic N) is 2. The number of hydrogen-bond donors (Lipinski definition) is 1. The molecule has 138 valence electrons. The summed E-state index contributed by atoms with van der Waals surface area (Å²) in [7, 11) is 0. The number of allylic oxidation sites excluding steroid dienone is 1. The van der Waals surface area contributed by atoms with Gasteiger partial charge < -0.3 is 14.6 Å². The maximum absolute atomic E-state index is 11.5. The van der Waals surface area contributed by atoms with Crippen molar-refractivity contribution in [3.05, 3.63) is 84.1 Å². The Morgan fingerprint density at radius 1 is 1.07 bits per heavy atom. The van der Waals surface area contributed by atoms with Crippen molar-refractivity contribution < 1.29 is 19.4 Å². The molecule has 0 unspecified atom stereocenters. The number of nitriles is 1. The van der Waals surface area contributed by atoms with Crippen LogP contribution in [0.25, 0.3) is 5.57 Å². The highest BCUT2D eigenvalue weighted by molar-refractivity contribution is 6.16. The first kappa shape index (κ1) is 18.7. The number of rotatable bonds is 6. The minimum Gasteiger partial charge on any atom is -0.478 e. The number of para-hydroxylation sites is 2. The molecule has 1 heterocycles. The van der Waals surface area contributed by atoms with Gasteiger partial charge in [0.15, 0.2) is 0 Å². The molecule has 0 aliphatic heterocycles. The standard InChI is InChI=1S/C22H16N2O4/c1-2-17(22(25)26)18-8-4-6-10-20(18)27-16-11-12-24-21(13-16)28-19-9-5-3-7-15(19)14-23/h2-13H,1H3,(H,25,26)/b17-2+. The Labute approximate surface area is 161 Å². The maximum Gasteiger partial charge on any atom is 0.336 e. The van der Waals surface area contributed by atoms with Crippen molar-refractivity contribution in [2.24, 2.45) is 0 Å². The normalized spacial score (nSPS) is 10.8. The third-order valence-corrected chi connectivity index (χ3v) is 3.85. The zero-order valence-corrected chi connectivity index (χ0v) is 15.0. The van der Waals surface area contributed by atoms with Gasteiger partial charge in [0.05, 0.1) is 11.1 Å². The smallest absolute Gasteiger partial charge is 0.336 e. The highest BCUT2D eigenvalue weighted by Gasteiger charge is 2.15. The number of pyridine rings is 1. The lowest BCUT2D eigenvalue weighted by molar-refractivity contribution is -0.130. The maximum atomic E-state index is 11.5. The molecule has 2 aromatic carbocycles. The van der Waals surface area contributed by atoms with E-state index < -0.39 is 5.97 Å². The van der Waals surface area contributed by atoms with E-state index in [4.69, 9.17) is 14.7 Å². The predicted molar refractivity (Wildman–Crippen MR) is 103 cm³/mol. The largest absolute Gasteiger partial charge is 0.478 e. The summed E-state index contributed by atoms with van der Waals surface area (Å²) in [6.07, 6.45) is 3.03. The van der Waals surface area contributed by atoms with Gasteiger partial charge in [-0.15, -0.1) is 0 Å². The zero-order chi connectivity index (χ0) is 19.9. The fourth-order valence-electron chi connectivity index (χ4n) is 2.57. The first-order valence-electron chi connectivity index (χ1n) is 8.42. The molecule has 1 N–H and O–H groups in total. The fourth-order valence-corrected chi connectivity index (χ4v) is 2.57. The van der Waals surface area contributed by atoms with E-state index >= 15 is 0 Å². The fraction of sp³-hybridized carbons (Fsp3) is 0.0455. The lowest BCUT2D eigenvalue weighted by atomic mass is 10.0. The lowest BCUT2D eigenvalue weighted by Gasteiger charge is -2.12. The van der Waals surface area contributed by atoms with E-state index in [1.807, 2.05) is 0 Å². The molecular formula is C22H16N2O4. The Kier molecular flexibility index (Phi) is 5.68. The molecule has 6 heteroatoms. The molecule has 0 atom stereocenters. The van der Waals surface area contributed by atoms with E-state index in [1.54, 1.807) is 67.6 Å². The quantitative estimate of drug-likeness (QED) is 0.610. The van der Waals surface area contributed by atoms with Gasteiger partial charge in [-0.2, -0.15) is 5.26 Å². The van der Waals surface area contributed by atoms with E-state index in [2.05, 4.69) is 11.1 Å². The van der Waals surface area contributed by atoms with Crippen LogP contribution in [0.15, 0.2) is 72.9 Å². The predicted octanol–water partition coefficient (Wildman–Crippen LogP) is 5.03. The number of carboxylic acids is 1. The van der Waals surface area contributed by atoms with Gasteiger partial charge in [0, 0.05) is 17.8 Å². The molecule has 0 radical (unpaired) electrons. The Bertz CT molecular complexity index is 1080. The Balaban J connectivity index is 1.89. The molecule has 3 aromatic rings. The summed E-state index contributed by atoms with van der Waals surface area (Å²) in [5.41, 5.74) is 0.996. The minimum atomic E-state index is -1.04. The van der Waals surface area contributed by atoms with Crippen LogP contribution in [0.5, 0.6) is 23.1 Å². The minimum absolute atomic E-state index is 0.143. The summed E-state index contributed by atoms with van der Waals surface area (Å²) in [6, 6.07) is 19.0. The number of carboxylic acid groups (broad SMARTS) is 1.